The SMILES string of the molecule is COc1cc(C(=O)NN2C(=O)c3cc(Br)ccc3N[C@@H]2c2cccc([N+](=O)[O-])c2)cc(OC)c1OC. The summed E-state index contributed by atoms with van der Waals surface area (Å²) in [5, 5.41) is 15.6. The molecule has 2 N–H and O–H groups in total. The highest BCUT2D eigenvalue weighted by Crippen LogP contribution is 2.39. The molecule has 2 amide bonds. The van der Waals surface area contributed by atoms with E-state index in [4.69, 9.17) is 14.2 Å². The van der Waals surface area contributed by atoms with Gasteiger partial charge < -0.3 is 19.5 Å². The van der Waals surface area contributed by atoms with Crippen LogP contribution in [0.3, 0.4) is 0 Å². The Morgan fingerprint density at radius 2 is 1.75 bits per heavy atom. The topological polar surface area (TPSA) is 132 Å². The number of nitro groups is 1. The van der Waals surface area contributed by atoms with Crippen LogP contribution in [0.25, 0.3) is 0 Å². The van der Waals surface area contributed by atoms with E-state index in [-0.39, 0.29) is 22.7 Å². The Morgan fingerprint density at radius 3 is 2.36 bits per heavy atom. The molecular weight excluding hydrogens is 536 g/mol. The van der Waals surface area contributed by atoms with Crippen LogP contribution in [0.5, 0.6) is 17.2 Å². The van der Waals surface area contributed by atoms with E-state index in [2.05, 4.69) is 26.7 Å². The average Bonchev–Trinajstić information content (AvgIpc) is 2.89. The van der Waals surface area contributed by atoms with Gasteiger partial charge in [0.1, 0.15) is 6.17 Å². The largest absolute Gasteiger partial charge is 0.493 e. The first-order valence-electron chi connectivity index (χ1n) is 10.5. The summed E-state index contributed by atoms with van der Waals surface area (Å²) in [6, 6.07) is 13.8. The summed E-state index contributed by atoms with van der Waals surface area (Å²) >= 11 is 3.36. The number of ether oxygens (including phenoxy) is 3. The van der Waals surface area contributed by atoms with Crippen LogP contribution in [0.15, 0.2) is 59.1 Å². The van der Waals surface area contributed by atoms with Crippen molar-refractivity contribution < 1.29 is 28.7 Å². The molecule has 3 aromatic carbocycles. The minimum atomic E-state index is -0.933. The number of hydrogen-bond acceptors (Lipinski definition) is 8. The van der Waals surface area contributed by atoms with Gasteiger partial charge in [0.15, 0.2) is 11.5 Å². The molecule has 12 heteroatoms. The van der Waals surface area contributed by atoms with Gasteiger partial charge in [-0.2, -0.15) is 0 Å². The standard InChI is InChI=1S/C24H21BrN4O7/c1-34-19-10-14(11-20(35-2)21(19)36-3)23(30)27-28-22(13-5-4-6-16(9-13)29(32)33)26-18-8-7-15(25)12-17(18)24(28)31/h4-12,22,26H,1-3H3,(H,27,30)/t22-/m0/s1. The molecule has 0 spiro atoms. The number of carbonyl (C=O) groups excluding carboxylic acids is 2. The number of hydrazine groups is 1. The Hall–Kier alpha value is -4.32. The number of nitrogens with zero attached hydrogens (tertiary/aromatic N) is 2. The highest BCUT2D eigenvalue weighted by Gasteiger charge is 2.35. The van der Waals surface area contributed by atoms with Gasteiger partial charge >= 0.3 is 0 Å². The molecule has 0 fully saturated rings. The van der Waals surface area contributed by atoms with E-state index in [1.165, 1.54) is 51.7 Å². The summed E-state index contributed by atoms with van der Waals surface area (Å²) in [7, 11) is 4.28. The molecule has 186 valence electrons. The number of rotatable bonds is 7. The second kappa shape index (κ2) is 10.1. The van der Waals surface area contributed by atoms with Crippen LogP contribution in [-0.2, 0) is 0 Å². The van der Waals surface area contributed by atoms with E-state index >= 15 is 0 Å². The van der Waals surface area contributed by atoms with E-state index < -0.39 is 22.9 Å². The molecule has 0 saturated carbocycles. The predicted octanol–water partition coefficient (Wildman–Crippen LogP) is 4.29. The molecule has 4 rings (SSSR count). The monoisotopic (exact) mass is 556 g/mol. The van der Waals surface area contributed by atoms with Crippen molar-refractivity contribution in [3.8, 4) is 17.2 Å². The van der Waals surface area contributed by atoms with Crippen LogP contribution < -0.4 is 25.0 Å². The number of fused-ring (bicyclic) bond motifs is 1. The van der Waals surface area contributed by atoms with Crippen molar-refractivity contribution in [2.75, 3.05) is 26.6 Å². The molecule has 0 saturated heterocycles. The van der Waals surface area contributed by atoms with E-state index in [1.54, 1.807) is 24.3 Å². The van der Waals surface area contributed by atoms with Gasteiger partial charge in [-0.25, -0.2) is 5.01 Å². The smallest absolute Gasteiger partial charge is 0.276 e. The Bertz CT molecular complexity index is 1340. The number of anilines is 1. The van der Waals surface area contributed by atoms with Gasteiger partial charge in [0.2, 0.25) is 5.75 Å². The zero-order chi connectivity index (χ0) is 26.0. The minimum absolute atomic E-state index is 0.134. The quantitative estimate of drug-likeness (QED) is 0.325. The molecular formula is C24H21BrN4O7. The van der Waals surface area contributed by atoms with Gasteiger partial charge in [0.05, 0.1) is 31.8 Å². The molecule has 0 aromatic heterocycles. The van der Waals surface area contributed by atoms with E-state index in [0.29, 0.717) is 27.0 Å². The van der Waals surface area contributed by atoms with Gasteiger partial charge in [-0.15, -0.1) is 0 Å². The molecule has 11 nitrogen and oxygen atoms in total. The number of amides is 2. The maximum atomic E-state index is 13.5. The van der Waals surface area contributed by atoms with Crippen molar-refractivity contribution in [2.24, 2.45) is 0 Å². The van der Waals surface area contributed by atoms with E-state index in [9.17, 15) is 19.7 Å². The number of nitro benzene ring substituents is 1. The number of non-ortho nitro benzene ring substituents is 1. The van der Waals surface area contributed by atoms with Crippen molar-refractivity contribution in [3.63, 3.8) is 0 Å². The number of benzene rings is 3. The summed E-state index contributed by atoms with van der Waals surface area (Å²) in [5.41, 5.74) is 3.82. The second-order valence-corrected chi connectivity index (χ2v) is 8.53. The van der Waals surface area contributed by atoms with Gasteiger partial charge in [-0.3, -0.25) is 25.1 Å². The zero-order valence-electron chi connectivity index (χ0n) is 19.4. The Morgan fingerprint density at radius 1 is 1.06 bits per heavy atom. The lowest BCUT2D eigenvalue weighted by Gasteiger charge is -2.37. The molecule has 1 aliphatic heterocycles. The molecule has 3 aromatic rings. The maximum Gasteiger partial charge on any atom is 0.276 e. The lowest BCUT2D eigenvalue weighted by molar-refractivity contribution is -0.384. The fraction of sp³-hybridized carbons (Fsp3) is 0.167. The molecule has 36 heavy (non-hydrogen) atoms. The highest BCUT2D eigenvalue weighted by atomic mass is 79.9. The van der Waals surface area contributed by atoms with Crippen LogP contribution >= 0.6 is 15.9 Å². The van der Waals surface area contributed by atoms with Crippen LogP contribution in [0.4, 0.5) is 11.4 Å². The third kappa shape index (κ3) is 4.62. The first kappa shape index (κ1) is 24.8. The molecule has 0 aliphatic carbocycles. The molecule has 0 radical (unpaired) electrons. The third-order valence-corrected chi connectivity index (χ3v) is 6.02. The van der Waals surface area contributed by atoms with Crippen molar-refractivity contribution in [3.05, 3.63) is 85.9 Å². The molecule has 0 unspecified atom stereocenters. The fourth-order valence-corrected chi connectivity index (χ4v) is 4.18. The van der Waals surface area contributed by atoms with Crippen LogP contribution in [0.2, 0.25) is 0 Å². The lowest BCUT2D eigenvalue weighted by Crippen LogP contribution is -2.52. The number of hydrogen-bond donors (Lipinski definition) is 2. The predicted molar refractivity (Wildman–Crippen MR) is 133 cm³/mol. The van der Waals surface area contributed by atoms with Crippen LogP contribution in [0, 0.1) is 10.1 Å². The first-order chi connectivity index (χ1) is 17.3. The highest BCUT2D eigenvalue weighted by molar-refractivity contribution is 9.10. The summed E-state index contributed by atoms with van der Waals surface area (Å²) in [5.74, 6) is -0.328. The summed E-state index contributed by atoms with van der Waals surface area (Å²) in [6.07, 6.45) is -0.933. The number of carbonyl (C=O) groups is 2. The van der Waals surface area contributed by atoms with Crippen molar-refractivity contribution in [1.82, 2.24) is 10.4 Å². The van der Waals surface area contributed by atoms with Crippen LogP contribution in [-0.4, -0.2) is 43.1 Å². The number of nitrogens with one attached hydrogen (secondary N) is 2. The lowest BCUT2D eigenvalue weighted by atomic mass is 10.0. The molecule has 1 heterocycles. The summed E-state index contributed by atoms with van der Waals surface area (Å²) in [6.45, 7) is 0. The Kier molecular flexibility index (Phi) is 6.97. The third-order valence-electron chi connectivity index (χ3n) is 5.53. The van der Waals surface area contributed by atoms with E-state index in [1.807, 2.05) is 0 Å². The van der Waals surface area contributed by atoms with Crippen molar-refractivity contribution in [1.29, 1.82) is 0 Å². The Balaban J connectivity index is 1.76. The van der Waals surface area contributed by atoms with Crippen molar-refractivity contribution in [2.45, 2.75) is 6.17 Å². The zero-order valence-corrected chi connectivity index (χ0v) is 21.0. The van der Waals surface area contributed by atoms with E-state index in [0.717, 1.165) is 5.01 Å². The first-order valence-corrected chi connectivity index (χ1v) is 11.3. The van der Waals surface area contributed by atoms with Gasteiger partial charge in [0.25, 0.3) is 17.5 Å². The average molecular weight is 557 g/mol. The van der Waals surface area contributed by atoms with Crippen LogP contribution in [0.1, 0.15) is 32.4 Å². The molecule has 1 atom stereocenters. The second-order valence-electron chi connectivity index (χ2n) is 7.62. The van der Waals surface area contributed by atoms with Gasteiger partial charge in [-0.05, 0) is 30.3 Å². The maximum absolute atomic E-state index is 13.5. The van der Waals surface area contributed by atoms with Gasteiger partial charge in [0, 0.05) is 33.4 Å². The number of halogens is 1. The minimum Gasteiger partial charge on any atom is -0.493 e. The molecule has 1 aliphatic rings. The number of methoxy groups -OCH3 is 3. The fourth-order valence-electron chi connectivity index (χ4n) is 3.82. The normalized spacial score (nSPS) is 14.4. The summed E-state index contributed by atoms with van der Waals surface area (Å²) < 4.78 is 16.6. The van der Waals surface area contributed by atoms with Gasteiger partial charge in [-0.1, -0.05) is 28.1 Å². The van der Waals surface area contributed by atoms with Crippen molar-refractivity contribution >= 4 is 39.1 Å². The Labute approximate surface area is 214 Å². The summed E-state index contributed by atoms with van der Waals surface area (Å²) in [4.78, 5) is 37.7. The molecule has 0 bridgehead atoms.